The van der Waals surface area contributed by atoms with E-state index in [-0.39, 0.29) is 48.1 Å². The van der Waals surface area contributed by atoms with Gasteiger partial charge in [0.1, 0.15) is 44.0 Å². The van der Waals surface area contributed by atoms with E-state index >= 15 is 0 Å². The third kappa shape index (κ3) is 7.93. The zero-order valence-corrected chi connectivity index (χ0v) is 35.8. The molecule has 3 unspecified atom stereocenters. The molecule has 2 saturated heterocycles. The van der Waals surface area contributed by atoms with Crippen molar-refractivity contribution in [2.45, 2.75) is 105 Å². The molecular weight excluding hydrogens is 763 g/mol. The molecule has 0 bridgehead atoms. The highest BCUT2D eigenvalue weighted by molar-refractivity contribution is 6.35. The normalized spacial score (nSPS) is 22.0. The monoisotopic (exact) mass is 817 g/mol. The molecule has 7 rings (SSSR count). The summed E-state index contributed by atoms with van der Waals surface area (Å²) in [5.74, 6) is -0.266. The molecule has 0 aliphatic carbocycles. The van der Waals surface area contributed by atoms with Gasteiger partial charge < -0.3 is 24.0 Å². The van der Waals surface area contributed by atoms with Crippen LogP contribution in [0.5, 0.6) is 5.75 Å². The fourth-order valence-electron chi connectivity index (χ4n) is 8.43. The highest BCUT2D eigenvalue weighted by atomic mass is 35.5. The van der Waals surface area contributed by atoms with Gasteiger partial charge in [-0.05, 0) is 119 Å². The van der Waals surface area contributed by atoms with Crippen molar-refractivity contribution in [1.29, 1.82) is 0 Å². The number of ether oxygens (including phenoxy) is 3. The van der Waals surface area contributed by atoms with Crippen LogP contribution in [0.3, 0.4) is 0 Å². The van der Waals surface area contributed by atoms with Crippen LogP contribution in [0.15, 0.2) is 66.2 Å². The summed E-state index contributed by atoms with van der Waals surface area (Å²) in [6.45, 7) is 21.5. The zero-order chi connectivity index (χ0) is 41.6. The Labute approximate surface area is 346 Å². The van der Waals surface area contributed by atoms with Crippen LogP contribution in [-0.2, 0) is 21.8 Å². The van der Waals surface area contributed by atoms with Gasteiger partial charge in [0.2, 0.25) is 5.79 Å². The Kier molecular flexibility index (Phi) is 11.4. The molecular formula is C43H54Cl2N8O4. The lowest BCUT2D eigenvalue weighted by atomic mass is 9.96. The van der Waals surface area contributed by atoms with Gasteiger partial charge in [0.25, 0.3) is 0 Å². The third-order valence-corrected chi connectivity index (χ3v) is 12.3. The van der Waals surface area contributed by atoms with Crippen LogP contribution in [0.25, 0.3) is 5.69 Å². The predicted molar refractivity (Wildman–Crippen MR) is 225 cm³/mol. The summed E-state index contributed by atoms with van der Waals surface area (Å²) >= 11 is 13.3. The second-order valence-corrected chi connectivity index (χ2v) is 16.6. The van der Waals surface area contributed by atoms with Crippen molar-refractivity contribution in [2.24, 2.45) is 5.92 Å². The lowest BCUT2D eigenvalue weighted by Gasteiger charge is -2.43. The SMILES string of the molecule is [2H]c1c(Cl)c(C)c(C)c([C@]2(Cn3cncn3)OC(C)[C@@H](COc3ccc(N4CCN(c5ccc(-n6cnn(C(CC)C(C)C)c6=O)cc5C)CC4C)cc3C)O2)c1Cl. The number of aryl methyl sites for hydroxylation is 2. The molecule has 3 aromatic carbocycles. The van der Waals surface area contributed by atoms with Gasteiger partial charge in [-0.3, -0.25) is 0 Å². The minimum atomic E-state index is -1.35. The second kappa shape index (κ2) is 16.5. The van der Waals surface area contributed by atoms with Gasteiger partial charge in [-0.15, -0.1) is 0 Å². The number of aromatic nitrogens is 6. The largest absolute Gasteiger partial charge is 0.490 e. The Morgan fingerprint density at radius 2 is 1.72 bits per heavy atom. The minimum absolute atomic E-state index is 0.0283. The van der Waals surface area contributed by atoms with Gasteiger partial charge in [0.15, 0.2) is 0 Å². The highest BCUT2D eigenvalue weighted by Crippen LogP contribution is 2.46. The molecule has 12 nitrogen and oxygen atoms in total. The summed E-state index contributed by atoms with van der Waals surface area (Å²) in [4.78, 5) is 22.3. The summed E-state index contributed by atoms with van der Waals surface area (Å²) < 4.78 is 33.3. The molecule has 304 valence electrons. The van der Waals surface area contributed by atoms with Crippen LogP contribution < -0.4 is 20.2 Å². The van der Waals surface area contributed by atoms with Gasteiger partial charge in [-0.2, -0.15) is 10.2 Å². The first-order valence-electron chi connectivity index (χ1n) is 20.3. The van der Waals surface area contributed by atoms with Gasteiger partial charge in [-0.1, -0.05) is 44.0 Å². The van der Waals surface area contributed by atoms with E-state index in [1.165, 1.54) is 12.0 Å². The zero-order valence-electron chi connectivity index (χ0n) is 35.3. The molecule has 14 heteroatoms. The Hall–Kier alpha value is -4.36. The van der Waals surface area contributed by atoms with Crippen molar-refractivity contribution < 1.29 is 15.6 Å². The van der Waals surface area contributed by atoms with Gasteiger partial charge in [0, 0.05) is 47.6 Å². The first-order chi connectivity index (χ1) is 27.6. The van der Waals surface area contributed by atoms with Crippen LogP contribution in [0, 0.1) is 33.6 Å². The number of hydrogen-bond acceptors (Lipinski definition) is 9. The quantitative estimate of drug-likeness (QED) is 0.123. The molecule has 2 aliphatic rings. The Balaban J connectivity index is 1.02. The van der Waals surface area contributed by atoms with E-state index in [4.69, 9.17) is 38.8 Å². The number of halogens is 2. The summed E-state index contributed by atoms with van der Waals surface area (Å²) in [6.07, 6.45) is 4.72. The topological polar surface area (TPSA) is 105 Å². The van der Waals surface area contributed by atoms with E-state index in [0.717, 1.165) is 65.4 Å². The molecule has 0 saturated carbocycles. The van der Waals surface area contributed by atoms with Crippen LogP contribution in [0.1, 0.15) is 76.3 Å². The summed E-state index contributed by atoms with van der Waals surface area (Å²) in [5.41, 5.74) is 7.26. The maximum atomic E-state index is 13.3. The summed E-state index contributed by atoms with van der Waals surface area (Å²) in [7, 11) is 0. The van der Waals surface area contributed by atoms with Gasteiger partial charge >= 0.3 is 5.69 Å². The van der Waals surface area contributed by atoms with Crippen LogP contribution >= 0.6 is 23.2 Å². The molecule has 0 amide bonds. The van der Waals surface area contributed by atoms with Crippen LogP contribution in [-0.4, -0.2) is 73.6 Å². The molecule has 0 N–H and O–H groups in total. The van der Waals surface area contributed by atoms with E-state index in [0.29, 0.717) is 16.5 Å². The van der Waals surface area contributed by atoms with Crippen LogP contribution in [0.2, 0.25) is 10.0 Å². The number of hydrogen-bond donors (Lipinski definition) is 0. The first kappa shape index (κ1) is 39.5. The van der Waals surface area contributed by atoms with Crippen molar-refractivity contribution in [3.05, 3.63) is 110 Å². The summed E-state index contributed by atoms with van der Waals surface area (Å²) in [5, 5.41) is 9.26. The molecule has 0 spiro atoms. The van der Waals surface area contributed by atoms with Crippen molar-refractivity contribution in [2.75, 3.05) is 36.0 Å². The van der Waals surface area contributed by atoms with Gasteiger partial charge in [0.05, 0.1) is 24.2 Å². The fourth-order valence-corrected chi connectivity index (χ4v) is 9.10. The number of anilines is 2. The van der Waals surface area contributed by atoms with Gasteiger partial charge in [-0.25, -0.2) is 23.7 Å². The third-order valence-electron chi connectivity index (χ3n) is 11.7. The Bertz CT molecular complexity index is 2300. The highest BCUT2D eigenvalue weighted by Gasteiger charge is 2.50. The standard InChI is InChI=1S/C43H54Cl2N8O4/c1-10-37(26(2)3)53-42(54)52(25-48-53)34-11-13-38(27(4)17-34)49-15-16-51(29(6)20-49)33-12-14-39(28(5)18-33)55-21-40-32(9)56-43(57-40,22-50-24-46-23-47-50)41-31(8)30(7)35(44)19-36(41)45/h11-14,17-19,23-26,29,32,37,40H,10,15-16,20-22H2,1-9H3/t29?,32?,37?,40-,43-/m1/s1/i19D. The molecule has 4 heterocycles. The molecule has 2 fully saturated rings. The summed E-state index contributed by atoms with van der Waals surface area (Å²) in [6, 6.07) is 12.9. The first-order valence-corrected chi connectivity index (χ1v) is 20.5. The maximum absolute atomic E-state index is 13.3. The van der Waals surface area contributed by atoms with Crippen molar-refractivity contribution in [1.82, 2.24) is 29.1 Å². The number of piperazine rings is 1. The minimum Gasteiger partial charge on any atom is -0.490 e. The molecule has 2 aliphatic heterocycles. The van der Waals surface area contributed by atoms with Crippen molar-refractivity contribution in [3.63, 3.8) is 0 Å². The Morgan fingerprint density at radius 1 is 0.965 bits per heavy atom. The smallest absolute Gasteiger partial charge is 0.350 e. The van der Waals surface area contributed by atoms with Crippen LogP contribution in [0.4, 0.5) is 11.4 Å². The van der Waals surface area contributed by atoms with Crippen molar-refractivity contribution in [3.8, 4) is 11.4 Å². The lowest BCUT2D eigenvalue weighted by molar-refractivity contribution is -0.196. The average molecular weight is 819 g/mol. The average Bonchev–Trinajstić information content (AvgIpc) is 3.92. The molecule has 57 heavy (non-hydrogen) atoms. The number of benzene rings is 3. The van der Waals surface area contributed by atoms with E-state index in [2.05, 4.69) is 90.8 Å². The lowest BCUT2D eigenvalue weighted by Crippen LogP contribution is -2.52. The Morgan fingerprint density at radius 3 is 2.39 bits per heavy atom. The number of nitrogens with zero attached hydrogens (tertiary/aromatic N) is 8. The molecule has 5 aromatic rings. The molecule has 5 atom stereocenters. The predicted octanol–water partition coefficient (Wildman–Crippen LogP) is 8.22. The fraction of sp³-hybridized carbons (Fsp3) is 0.488. The van der Waals surface area contributed by atoms with E-state index in [1.807, 2.05) is 32.9 Å². The van der Waals surface area contributed by atoms with Crippen molar-refractivity contribution >= 4 is 34.6 Å². The van der Waals surface area contributed by atoms with E-state index in [9.17, 15) is 4.79 Å². The maximum Gasteiger partial charge on any atom is 0.350 e. The van der Waals surface area contributed by atoms with E-state index in [1.54, 1.807) is 26.6 Å². The molecule has 0 radical (unpaired) electrons. The molecule has 2 aromatic heterocycles. The van der Waals surface area contributed by atoms with E-state index < -0.39 is 11.9 Å². The number of rotatable bonds is 12. The second-order valence-electron chi connectivity index (χ2n) is 15.9.